The predicted molar refractivity (Wildman–Crippen MR) is 82.5 cm³/mol. The standard InChI is InChI=1S/C16H24N2OS/c1-5-16(4)14(19)18(15(2,3)12-6-7-12)13(17-16)11-8-9-20-10-11/h8-10,12-13,17H,5-7H2,1-4H3. The van der Waals surface area contributed by atoms with Gasteiger partial charge in [-0.2, -0.15) is 11.3 Å². The first-order chi connectivity index (χ1) is 9.40. The summed E-state index contributed by atoms with van der Waals surface area (Å²) in [7, 11) is 0. The van der Waals surface area contributed by atoms with E-state index in [0.29, 0.717) is 5.92 Å². The lowest BCUT2D eigenvalue weighted by atomic mass is 9.92. The number of thiophene rings is 1. The smallest absolute Gasteiger partial charge is 0.244 e. The van der Waals surface area contributed by atoms with Crippen molar-refractivity contribution in [1.29, 1.82) is 0 Å². The van der Waals surface area contributed by atoms with E-state index in [0.717, 1.165) is 6.42 Å². The van der Waals surface area contributed by atoms with Crippen LogP contribution in [0.3, 0.4) is 0 Å². The molecular formula is C16H24N2OS. The molecule has 1 saturated heterocycles. The van der Waals surface area contributed by atoms with E-state index in [4.69, 9.17) is 0 Å². The van der Waals surface area contributed by atoms with E-state index in [9.17, 15) is 4.79 Å². The SMILES string of the molecule is CCC1(C)NC(c2ccsc2)N(C(C)(C)C2CC2)C1=O. The van der Waals surface area contributed by atoms with Crippen LogP contribution in [0.15, 0.2) is 16.8 Å². The molecule has 4 heteroatoms. The zero-order chi connectivity index (χ0) is 14.5. The Morgan fingerprint density at radius 1 is 1.50 bits per heavy atom. The fourth-order valence-electron chi connectivity index (χ4n) is 3.31. The third-order valence-electron chi connectivity index (χ3n) is 5.17. The van der Waals surface area contributed by atoms with Crippen LogP contribution in [-0.2, 0) is 4.79 Å². The third kappa shape index (κ3) is 2.01. The van der Waals surface area contributed by atoms with Crippen LogP contribution < -0.4 is 5.32 Å². The van der Waals surface area contributed by atoms with E-state index >= 15 is 0 Å². The van der Waals surface area contributed by atoms with Gasteiger partial charge in [-0.1, -0.05) is 6.92 Å². The molecule has 1 N–H and O–H groups in total. The van der Waals surface area contributed by atoms with Gasteiger partial charge in [0, 0.05) is 5.54 Å². The minimum absolute atomic E-state index is 0.0225. The molecule has 0 bridgehead atoms. The monoisotopic (exact) mass is 292 g/mol. The fourth-order valence-corrected chi connectivity index (χ4v) is 3.99. The van der Waals surface area contributed by atoms with Crippen LogP contribution in [-0.4, -0.2) is 21.9 Å². The molecule has 0 spiro atoms. The van der Waals surface area contributed by atoms with Gasteiger partial charge < -0.3 is 4.90 Å². The third-order valence-corrected chi connectivity index (χ3v) is 5.87. The van der Waals surface area contributed by atoms with Crippen LogP contribution in [0.4, 0.5) is 0 Å². The number of carbonyl (C=O) groups is 1. The number of hydrogen-bond donors (Lipinski definition) is 1. The molecule has 3 nitrogen and oxygen atoms in total. The highest BCUT2D eigenvalue weighted by atomic mass is 32.1. The van der Waals surface area contributed by atoms with E-state index in [1.807, 2.05) is 6.92 Å². The van der Waals surface area contributed by atoms with E-state index < -0.39 is 5.54 Å². The molecule has 2 unspecified atom stereocenters. The Morgan fingerprint density at radius 3 is 2.70 bits per heavy atom. The molecule has 0 radical (unpaired) electrons. The molecule has 3 rings (SSSR count). The van der Waals surface area contributed by atoms with Crippen molar-refractivity contribution in [3.05, 3.63) is 22.4 Å². The van der Waals surface area contributed by atoms with E-state index in [1.165, 1.54) is 18.4 Å². The van der Waals surface area contributed by atoms with Gasteiger partial charge in [0.2, 0.25) is 5.91 Å². The number of nitrogens with zero attached hydrogens (tertiary/aromatic N) is 1. The summed E-state index contributed by atoms with van der Waals surface area (Å²) >= 11 is 1.69. The summed E-state index contributed by atoms with van der Waals surface area (Å²) in [4.78, 5) is 15.1. The molecule has 2 aliphatic rings. The maximum atomic E-state index is 13.0. The molecule has 1 aromatic rings. The lowest BCUT2D eigenvalue weighted by Gasteiger charge is -2.40. The minimum Gasteiger partial charge on any atom is -0.316 e. The van der Waals surface area contributed by atoms with E-state index in [2.05, 4.69) is 47.8 Å². The number of amides is 1. The van der Waals surface area contributed by atoms with Gasteiger partial charge >= 0.3 is 0 Å². The summed E-state index contributed by atoms with van der Waals surface area (Å²) in [5.74, 6) is 0.904. The molecule has 0 aromatic carbocycles. The Bertz CT molecular complexity index is 507. The first kappa shape index (κ1) is 14.1. The van der Waals surface area contributed by atoms with Crippen molar-refractivity contribution < 1.29 is 4.79 Å². The van der Waals surface area contributed by atoms with Crippen molar-refractivity contribution >= 4 is 17.2 Å². The molecule has 1 amide bonds. The van der Waals surface area contributed by atoms with Gasteiger partial charge in [-0.05, 0) is 68.3 Å². The van der Waals surface area contributed by atoms with Crippen LogP contribution in [0.1, 0.15) is 58.7 Å². The summed E-state index contributed by atoms with van der Waals surface area (Å²) < 4.78 is 0. The Hall–Kier alpha value is -0.870. The molecule has 1 aliphatic heterocycles. The van der Waals surface area contributed by atoms with Crippen LogP contribution in [0.5, 0.6) is 0 Å². The van der Waals surface area contributed by atoms with Crippen LogP contribution in [0.2, 0.25) is 0 Å². The first-order valence-corrected chi connectivity index (χ1v) is 8.48. The number of carbonyl (C=O) groups excluding carboxylic acids is 1. The van der Waals surface area contributed by atoms with Gasteiger partial charge in [0.1, 0.15) is 6.17 Å². The summed E-state index contributed by atoms with van der Waals surface area (Å²) in [5.41, 5.74) is 0.719. The van der Waals surface area contributed by atoms with Gasteiger partial charge in [-0.25, -0.2) is 0 Å². The first-order valence-electron chi connectivity index (χ1n) is 7.53. The zero-order valence-corrected chi connectivity index (χ0v) is 13.6. The highest BCUT2D eigenvalue weighted by molar-refractivity contribution is 7.07. The lowest BCUT2D eigenvalue weighted by Crippen LogP contribution is -2.50. The lowest BCUT2D eigenvalue weighted by molar-refractivity contribution is -0.139. The molecule has 1 aromatic heterocycles. The second kappa shape index (κ2) is 4.57. The normalized spacial score (nSPS) is 31.1. The average Bonchev–Trinajstić information content (AvgIpc) is 3.07. The molecule has 2 atom stereocenters. The average molecular weight is 292 g/mol. The molecule has 1 aliphatic carbocycles. The van der Waals surface area contributed by atoms with Gasteiger partial charge in [0.15, 0.2) is 0 Å². The van der Waals surface area contributed by atoms with Crippen molar-refractivity contribution in [2.24, 2.45) is 5.92 Å². The number of nitrogens with one attached hydrogen (secondary N) is 1. The maximum absolute atomic E-state index is 13.0. The van der Waals surface area contributed by atoms with Gasteiger partial charge in [0.05, 0.1) is 5.54 Å². The second-order valence-corrected chi connectivity index (χ2v) is 7.67. The predicted octanol–water partition coefficient (Wildman–Crippen LogP) is 3.54. The Balaban J connectivity index is 2.00. The molecular weight excluding hydrogens is 268 g/mol. The molecule has 110 valence electrons. The summed E-state index contributed by atoms with van der Waals surface area (Å²) in [5, 5.41) is 7.83. The topological polar surface area (TPSA) is 32.3 Å². The van der Waals surface area contributed by atoms with Crippen molar-refractivity contribution in [2.45, 2.75) is 64.2 Å². The van der Waals surface area contributed by atoms with Gasteiger partial charge in [-0.3, -0.25) is 10.1 Å². The molecule has 2 fully saturated rings. The second-order valence-electron chi connectivity index (χ2n) is 6.89. The Morgan fingerprint density at radius 2 is 2.20 bits per heavy atom. The van der Waals surface area contributed by atoms with E-state index in [-0.39, 0.29) is 17.6 Å². The van der Waals surface area contributed by atoms with Crippen molar-refractivity contribution in [2.75, 3.05) is 0 Å². The number of hydrogen-bond acceptors (Lipinski definition) is 3. The van der Waals surface area contributed by atoms with Crippen molar-refractivity contribution in [1.82, 2.24) is 10.2 Å². The largest absolute Gasteiger partial charge is 0.316 e. The summed E-state index contributed by atoms with van der Waals surface area (Å²) in [6, 6.07) is 2.13. The van der Waals surface area contributed by atoms with E-state index in [1.54, 1.807) is 11.3 Å². The summed E-state index contributed by atoms with van der Waals surface area (Å²) in [6.45, 7) is 8.58. The molecule has 2 heterocycles. The quantitative estimate of drug-likeness (QED) is 0.920. The van der Waals surface area contributed by atoms with Crippen molar-refractivity contribution in [3.8, 4) is 0 Å². The highest BCUT2D eigenvalue weighted by Gasteiger charge is 2.55. The molecule has 20 heavy (non-hydrogen) atoms. The maximum Gasteiger partial charge on any atom is 0.244 e. The zero-order valence-electron chi connectivity index (χ0n) is 12.8. The molecule has 1 saturated carbocycles. The number of rotatable bonds is 4. The minimum atomic E-state index is -0.432. The highest BCUT2D eigenvalue weighted by Crippen LogP contribution is 2.48. The van der Waals surface area contributed by atoms with Crippen LogP contribution in [0.25, 0.3) is 0 Å². The Labute approximate surface area is 125 Å². The Kier molecular flexibility index (Phi) is 3.22. The van der Waals surface area contributed by atoms with Crippen LogP contribution in [0, 0.1) is 5.92 Å². The van der Waals surface area contributed by atoms with Gasteiger partial charge in [-0.15, -0.1) is 0 Å². The fraction of sp³-hybridized carbons (Fsp3) is 0.688. The van der Waals surface area contributed by atoms with Crippen LogP contribution >= 0.6 is 11.3 Å². The summed E-state index contributed by atoms with van der Waals surface area (Å²) in [6.07, 6.45) is 3.34. The van der Waals surface area contributed by atoms with Crippen molar-refractivity contribution in [3.63, 3.8) is 0 Å². The van der Waals surface area contributed by atoms with Gasteiger partial charge in [0.25, 0.3) is 0 Å².